The first kappa shape index (κ1) is 16.5. The highest BCUT2D eigenvalue weighted by molar-refractivity contribution is 5.95. The van der Waals surface area contributed by atoms with E-state index >= 15 is 0 Å². The highest BCUT2D eigenvalue weighted by atomic mass is 16.2. The molecule has 2 amide bonds. The minimum Gasteiger partial charge on any atom is -0.365 e. The molecule has 0 radical (unpaired) electrons. The summed E-state index contributed by atoms with van der Waals surface area (Å²) in [6.45, 7) is 0. The molecule has 1 unspecified atom stereocenters. The number of carbonyl (C=O) groups is 2. The third kappa shape index (κ3) is 3.28. The molecule has 2 aromatic rings. The lowest BCUT2D eigenvalue weighted by Gasteiger charge is -2.26. The maximum atomic E-state index is 12.5. The van der Waals surface area contributed by atoms with Crippen LogP contribution in [-0.4, -0.2) is 21.8 Å². The molecule has 0 aromatic carbocycles. The summed E-state index contributed by atoms with van der Waals surface area (Å²) in [4.78, 5) is 42.4. The normalized spacial score (nSPS) is 15.7. The largest absolute Gasteiger partial charge is 0.365 e. The van der Waals surface area contributed by atoms with Gasteiger partial charge in [-0.1, -0.05) is 5.92 Å². The molecule has 2 heterocycles. The van der Waals surface area contributed by atoms with E-state index in [1.165, 1.54) is 18.5 Å². The van der Waals surface area contributed by atoms with Crippen LogP contribution in [0.2, 0.25) is 0 Å². The SMILES string of the molecule is C#Cc1cncc(C(=O)NC2CCCc3[nH]c(=O)c(C(N)=O)cc32)c1. The van der Waals surface area contributed by atoms with Crippen molar-refractivity contribution in [3.05, 3.63) is 62.8 Å². The number of aromatic nitrogens is 2. The number of nitrogens with two attached hydrogens (primary N) is 1. The zero-order valence-electron chi connectivity index (χ0n) is 13.3. The Bertz CT molecular complexity index is 956. The zero-order valence-corrected chi connectivity index (χ0v) is 13.3. The second-order valence-electron chi connectivity index (χ2n) is 5.84. The fraction of sp³-hybridized carbons (Fsp3) is 0.222. The van der Waals surface area contributed by atoms with Crippen LogP contribution >= 0.6 is 0 Å². The third-order valence-corrected chi connectivity index (χ3v) is 4.19. The molecule has 2 aromatic heterocycles. The summed E-state index contributed by atoms with van der Waals surface area (Å²) in [7, 11) is 0. The number of primary amides is 1. The van der Waals surface area contributed by atoms with Gasteiger partial charge in [0.05, 0.1) is 11.6 Å². The minimum absolute atomic E-state index is 0.115. The molecule has 1 aliphatic carbocycles. The molecule has 4 N–H and O–H groups in total. The lowest BCUT2D eigenvalue weighted by Crippen LogP contribution is -2.34. The van der Waals surface area contributed by atoms with Gasteiger partial charge < -0.3 is 16.0 Å². The van der Waals surface area contributed by atoms with E-state index in [2.05, 4.69) is 21.2 Å². The van der Waals surface area contributed by atoms with Gasteiger partial charge in [-0.2, -0.15) is 0 Å². The van der Waals surface area contributed by atoms with Crippen LogP contribution in [0.1, 0.15) is 56.4 Å². The molecule has 0 saturated carbocycles. The van der Waals surface area contributed by atoms with Crippen LogP contribution in [0, 0.1) is 12.3 Å². The van der Waals surface area contributed by atoms with Crippen LogP contribution in [0.5, 0.6) is 0 Å². The molecule has 0 aliphatic heterocycles. The molecule has 0 bridgehead atoms. The molecule has 1 aliphatic rings. The molecular formula is C18H16N4O3. The number of amides is 2. The van der Waals surface area contributed by atoms with E-state index in [1.807, 2.05) is 0 Å². The molecule has 0 fully saturated rings. The van der Waals surface area contributed by atoms with Gasteiger partial charge >= 0.3 is 0 Å². The molecule has 1 atom stereocenters. The van der Waals surface area contributed by atoms with Crippen molar-refractivity contribution in [2.75, 3.05) is 0 Å². The first-order valence-electron chi connectivity index (χ1n) is 7.78. The smallest absolute Gasteiger partial charge is 0.261 e. The summed E-state index contributed by atoms with van der Waals surface area (Å²) < 4.78 is 0. The van der Waals surface area contributed by atoms with Gasteiger partial charge in [0.2, 0.25) is 0 Å². The van der Waals surface area contributed by atoms with Crippen molar-refractivity contribution >= 4 is 11.8 Å². The summed E-state index contributed by atoms with van der Waals surface area (Å²) in [6, 6.07) is 2.71. The molecule has 7 heteroatoms. The summed E-state index contributed by atoms with van der Waals surface area (Å²) >= 11 is 0. The Labute approximate surface area is 143 Å². The van der Waals surface area contributed by atoms with E-state index in [0.29, 0.717) is 35.2 Å². The van der Waals surface area contributed by atoms with Gasteiger partial charge in [-0.05, 0) is 37.0 Å². The predicted octanol–water partition coefficient (Wildman–Crippen LogP) is 0.657. The summed E-state index contributed by atoms with van der Waals surface area (Å²) in [5.74, 6) is 1.31. The number of hydrogen-bond acceptors (Lipinski definition) is 4. The van der Waals surface area contributed by atoms with Crippen LogP contribution in [0.15, 0.2) is 29.3 Å². The Morgan fingerprint density at radius 1 is 1.36 bits per heavy atom. The van der Waals surface area contributed by atoms with Crippen molar-refractivity contribution in [2.45, 2.75) is 25.3 Å². The second-order valence-corrected chi connectivity index (χ2v) is 5.84. The van der Waals surface area contributed by atoms with Gasteiger partial charge in [0.15, 0.2) is 0 Å². The number of fused-ring (bicyclic) bond motifs is 1. The van der Waals surface area contributed by atoms with Gasteiger partial charge in [0.1, 0.15) is 5.56 Å². The number of pyridine rings is 2. The number of aryl methyl sites for hydroxylation is 1. The Kier molecular flexibility index (Phi) is 4.35. The summed E-state index contributed by atoms with van der Waals surface area (Å²) in [5.41, 5.74) is 6.89. The van der Waals surface area contributed by atoms with Crippen LogP contribution in [0.25, 0.3) is 0 Å². The number of H-pyrrole nitrogens is 1. The van der Waals surface area contributed by atoms with Gasteiger partial charge in [-0.25, -0.2) is 0 Å². The lowest BCUT2D eigenvalue weighted by molar-refractivity contribution is 0.0932. The van der Waals surface area contributed by atoms with Crippen LogP contribution < -0.4 is 16.6 Å². The zero-order chi connectivity index (χ0) is 18.0. The van der Waals surface area contributed by atoms with Crippen molar-refractivity contribution in [1.82, 2.24) is 15.3 Å². The van der Waals surface area contributed by atoms with E-state index < -0.39 is 11.5 Å². The first-order valence-corrected chi connectivity index (χ1v) is 7.78. The maximum absolute atomic E-state index is 12.5. The summed E-state index contributed by atoms with van der Waals surface area (Å²) in [5, 5.41) is 2.91. The molecular weight excluding hydrogens is 320 g/mol. The Morgan fingerprint density at radius 3 is 2.88 bits per heavy atom. The van der Waals surface area contributed by atoms with Gasteiger partial charge in [-0.15, -0.1) is 6.42 Å². The van der Waals surface area contributed by atoms with E-state index in [0.717, 1.165) is 6.42 Å². The van der Waals surface area contributed by atoms with Crippen molar-refractivity contribution in [2.24, 2.45) is 5.73 Å². The Balaban J connectivity index is 1.91. The molecule has 3 rings (SSSR count). The number of carbonyl (C=O) groups excluding carboxylic acids is 2. The van der Waals surface area contributed by atoms with Crippen LogP contribution in [0.4, 0.5) is 0 Å². The first-order chi connectivity index (χ1) is 12.0. The molecule has 0 spiro atoms. The fourth-order valence-electron chi connectivity index (χ4n) is 2.96. The third-order valence-electron chi connectivity index (χ3n) is 4.19. The highest BCUT2D eigenvalue weighted by Gasteiger charge is 2.25. The number of terminal acetylenes is 1. The number of nitrogens with zero attached hydrogens (tertiary/aromatic N) is 1. The predicted molar refractivity (Wildman–Crippen MR) is 90.9 cm³/mol. The van der Waals surface area contributed by atoms with Crippen molar-refractivity contribution < 1.29 is 9.59 Å². The monoisotopic (exact) mass is 336 g/mol. The van der Waals surface area contributed by atoms with Crippen molar-refractivity contribution in [3.63, 3.8) is 0 Å². The second kappa shape index (κ2) is 6.61. The average Bonchev–Trinajstić information content (AvgIpc) is 2.61. The fourth-order valence-corrected chi connectivity index (χ4v) is 2.96. The van der Waals surface area contributed by atoms with Crippen LogP contribution in [-0.2, 0) is 6.42 Å². The van der Waals surface area contributed by atoms with Crippen LogP contribution in [0.3, 0.4) is 0 Å². The minimum atomic E-state index is -0.800. The van der Waals surface area contributed by atoms with E-state index in [4.69, 9.17) is 12.2 Å². The standard InChI is InChI=1S/C18H16N4O3/c1-2-10-6-11(9-20-8-10)17(24)21-14-4-3-5-15-12(14)7-13(16(19)23)18(25)22-15/h1,6-9,14H,3-5H2,(H2,19,23)(H,21,24)(H,22,25). The van der Waals surface area contributed by atoms with E-state index in [-0.39, 0.29) is 17.5 Å². The van der Waals surface area contributed by atoms with Gasteiger partial charge in [-0.3, -0.25) is 19.4 Å². The van der Waals surface area contributed by atoms with Crippen molar-refractivity contribution in [1.29, 1.82) is 0 Å². The molecule has 25 heavy (non-hydrogen) atoms. The lowest BCUT2D eigenvalue weighted by atomic mass is 9.90. The topological polar surface area (TPSA) is 118 Å². The quantitative estimate of drug-likeness (QED) is 0.713. The van der Waals surface area contributed by atoms with Gasteiger partial charge in [0, 0.05) is 23.7 Å². The number of hydrogen-bond donors (Lipinski definition) is 3. The Hall–Kier alpha value is -3.40. The average molecular weight is 336 g/mol. The molecule has 7 nitrogen and oxygen atoms in total. The number of aromatic amines is 1. The maximum Gasteiger partial charge on any atom is 0.261 e. The highest BCUT2D eigenvalue weighted by Crippen LogP contribution is 2.28. The van der Waals surface area contributed by atoms with Gasteiger partial charge in [0.25, 0.3) is 17.4 Å². The molecule has 0 saturated heterocycles. The molecule has 126 valence electrons. The van der Waals surface area contributed by atoms with Crippen molar-refractivity contribution in [3.8, 4) is 12.3 Å². The van der Waals surface area contributed by atoms with E-state index in [9.17, 15) is 14.4 Å². The number of nitrogens with one attached hydrogen (secondary N) is 2. The number of rotatable bonds is 3. The Morgan fingerprint density at radius 2 is 2.16 bits per heavy atom. The van der Waals surface area contributed by atoms with E-state index in [1.54, 1.807) is 6.07 Å². The summed E-state index contributed by atoms with van der Waals surface area (Å²) in [6.07, 6.45) is 10.4.